The van der Waals surface area contributed by atoms with Gasteiger partial charge < -0.3 is 30.2 Å². The summed E-state index contributed by atoms with van der Waals surface area (Å²) in [6, 6.07) is 17.3. The van der Waals surface area contributed by atoms with Crippen LogP contribution in [0.25, 0.3) is 16.9 Å². The fourth-order valence-electron chi connectivity index (χ4n) is 4.91. The van der Waals surface area contributed by atoms with Gasteiger partial charge in [-0.3, -0.25) is 4.79 Å². The fourth-order valence-corrected chi connectivity index (χ4v) is 5.07. The normalized spacial score (nSPS) is 13.2. The number of aryl methyl sites for hydroxylation is 1. The van der Waals surface area contributed by atoms with E-state index >= 15 is 0 Å². The molecule has 2 aliphatic rings. The first-order valence-electron chi connectivity index (χ1n) is 12.7. The Bertz CT molecular complexity index is 1580. The minimum Gasteiger partial charge on any atom is -0.492 e. The Kier molecular flexibility index (Phi) is 6.54. The van der Waals surface area contributed by atoms with Gasteiger partial charge in [-0.25, -0.2) is 4.68 Å². The van der Waals surface area contributed by atoms with E-state index in [1.54, 1.807) is 4.68 Å². The average Bonchev–Trinajstić information content (AvgIpc) is 3.55. The van der Waals surface area contributed by atoms with Crippen molar-refractivity contribution in [1.82, 2.24) is 14.7 Å². The van der Waals surface area contributed by atoms with Crippen LogP contribution >= 0.6 is 11.6 Å². The number of fused-ring (bicyclic) bond motifs is 4. The van der Waals surface area contributed by atoms with Crippen LogP contribution in [0.15, 0.2) is 54.6 Å². The van der Waals surface area contributed by atoms with Crippen molar-refractivity contribution in [3.63, 3.8) is 0 Å². The van der Waals surface area contributed by atoms with Crippen molar-refractivity contribution in [2.75, 3.05) is 39.4 Å². The quantitative estimate of drug-likeness (QED) is 0.328. The molecule has 4 aromatic rings. The van der Waals surface area contributed by atoms with Crippen LogP contribution in [-0.2, 0) is 12.8 Å². The van der Waals surface area contributed by atoms with Crippen LogP contribution in [0.1, 0.15) is 21.6 Å². The third-order valence-corrected chi connectivity index (χ3v) is 7.18. The maximum atomic E-state index is 12.4. The first kappa shape index (κ1) is 25.1. The van der Waals surface area contributed by atoms with Gasteiger partial charge in [0.2, 0.25) is 6.79 Å². The number of likely N-dealkylation sites (N-methyl/N-ethyl adjacent to an activating group) is 1. The molecule has 0 saturated heterocycles. The van der Waals surface area contributed by atoms with Crippen molar-refractivity contribution >= 4 is 28.9 Å². The van der Waals surface area contributed by atoms with Gasteiger partial charge in [0.15, 0.2) is 17.2 Å². The van der Waals surface area contributed by atoms with Crippen molar-refractivity contribution in [1.29, 1.82) is 0 Å². The standard InChI is InChI=1S/C29H28ClN5O4/c1-34(2)11-12-37-20-7-9-23(30)24(15-20)32-18-5-3-17-4-8-21-27(29(31)36)33-35(28(21)22(17)13-18)19-6-10-25-26(14-19)39-16-38-25/h3,5-7,9-10,13-15,32H,4,8,11-12,16H2,1-2H3,(H2,31,36). The lowest BCUT2D eigenvalue weighted by atomic mass is 9.88. The van der Waals surface area contributed by atoms with Gasteiger partial charge >= 0.3 is 0 Å². The molecular formula is C29H28ClN5O4. The van der Waals surface area contributed by atoms with Gasteiger partial charge in [0.1, 0.15) is 12.4 Å². The third-order valence-electron chi connectivity index (χ3n) is 6.85. The van der Waals surface area contributed by atoms with Gasteiger partial charge in [0.05, 0.1) is 22.1 Å². The highest BCUT2D eigenvalue weighted by atomic mass is 35.5. The van der Waals surface area contributed by atoms with Crippen LogP contribution in [0.2, 0.25) is 5.02 Å². The first-order chi connectivity index (χ1) is 18.9. The van der Waals surface area contributed by atoms with Crippen LogP contribution in [0.5, 0.6) is 17.2 Å². The Hall–Kier alpha value is -4.21. The van der Waals surface area contributed by atoms with Crippen LogP contribution < -0.4 is 25.3 Å². The molecule has 1 amide bonds. The molecular weight excluding hydrogens is 518 g/mol. The van der Waals surface area contributed by atoms with Gasteiger partial charge in [-0.15, -0.1) is 0 Å². The second kappa shape index (κ2) is 10.2. The van der Waals surface area contributed by atoms with Crippen LogP contribution in [0, 0.1) is 0 Å². The minimum absolute atomic E-state index is 0.171. The lowest BCUT2D eigenvalue weighted by Gasteiger charge is -2.21. The van der Waals surface area contributed by atoms with Crippen molar-refractivity contribution < 1.29 is 19.0 Å². The van der Waals surface area contributed by atoms with Gasteiger partial charge in [0.25, 0.3) is 5.91 Å². The number of carbonyl (C=O) groups is 1. The molecule has 0 spiro atoms. The second-order valence-electron chi connectivity index (χ2n) is 9.78. The molecule has 0 bridgehead atoms. The van der Waals surface area contributed by atoms with E-state index in [0.29, 0.717) is 29.5 Å². The van der Waals surface area contributed by atoms with Crippen molar-refractivity contribution in [3.8, 4) is 34.2 Å². The number of carbonyl (C=O) groups excluding carboxylic acids is 1. The maximum absolute atomic E-state index is 12.4. The number of rotatable bonds is 8. The monoisotopic (exact) mass is 545 g/mol. The van der Waals surface area contributed by atoms with E-state index in [9.17, 15) is 4.79 Å². The number of benzene rings is 3. The van der Waals surface area contributed by atoms with Gasteiger partial charge in [0, 0.05) is 35.5 Å². The Morgan fingerprint density at radius 3 is 2.77 bits per heavy atom. The zero-order chi connectivity index (χ0) is 27.1. The highest BCUT2D eigenvalue weighted by Gasteiger charge is 2.29. The highest BCUT2D eigenvalue weighted by molar-refractivity contribution is 6.33. The summed E-state index contributed by atoms with van der Waals surface area (Å²) in [5.41, 5.74) is 12.1. The first-order valence-corrected chi connectivity index (χ1v) is 13.0. The number of anilines is 2. The average molecular weight is 546 g/mol. The molecule has 1 aromatic heterocycles. The molecule has 0 radical (unpaired) electrons. The summed E-state index contributed by atoms with van der Waals surface area (Å²) in [4.78, 5) is 14.4. The highest BCUT2D eigenvalue weighted by Crippen LogP contribution is 2.41. The molecule has 39 heavy (non-hydrogen) atoms. The summed E-state index contributed by atoms with van der Waals surface area (Å²) < 4.78 is 18.7. The molecule has 2 heterocycles. The minimum atomic E-state index is -0.554. The molecule has 10 heteroatoms. The summed E-state index contributed by atoms with van der Waals surface area (Å²) in [7, 11) is 4.01. The number of nitrogens with two attached hydrogens (primary N) is 1. The molecule has 3 N–H and O–H groups in total. The van der Waals surface area contributed by atoms with E-state index in [1.807, 2.05) is 56.6 Å². The summed E-state index contributed by atoms with van der Waals surface area (Å²) >= 11 is 6.53. The number of ether oxygens (including phenoxy) is 3. The number of aromatic nitrogens is 2. The van der Waals surface area contributed by atoms with Crippen molar-refractivity contribution in [3.05, 3.63) is 76.4 Å². The van der Waals surface area contributed by atoms with Crippen LogP contribution in [0.4, 0.5) is 11.4 Å². The number of nitrogens with one attached hydrogen (secondary N) is 1. The fraction of sp³-hybridized carbons (Fsp3) is 0.241. The molecule has 0 fully saturated rings. The Balaban J connectivity index is 1.38. The molecule has 6 rings (SSSR count). The molecule has 0 unspecified atom stereocenters. The summed E-state index contributed by atoms with van der Waals surface area (Å²) in [6.45, 7) is 1.55. The Morgan fingerprint density at radius 1 is 1.10 bits per heavy atom. The second-order valence-corrected chi connectivity index (χ2v) is 10.2. The van der Waals surface area contributed by atoms with Gasteiger partial charge in [-0.1, -0.05) is 17.7 Å². The van der Waals surface area contributed by atoms with E-state index in [0.717, 1.165) is 58.2 Å². The van der Waals surface area contributed by atoms with E-state index in [-0.39, 0.29) is 12.5 Å². The van der Waals surface area contributed by atoms with Crippen molar-refractivity contribution in [2.24, 2.45) is 5.73 Å². The SMILES string of the molecule is CN(C)CCOc1ccc(Cl)c(Nc2ccc3c(c2)-c2c(c(C(N)=O)nn2-c2ccc4c(c2)OCO4)CC3)c1. The number of hydrogen-bond donors (Lipinski definition) is 2. The predicted molar refractivity (Wildman–Crippen MR) is 150 cm³/mol. The lowest BCUT2D eigenvalue weighted by molar-refractivity contribution is 0.0994. The molecule has 0 saturated carbocycles. The molecule has 0 atom stereocenters. The molecule has 1 aliphatic carbocycles. The zero-order valence-corrected chi connectivity index (χ0v) is 22.4. The Morgan fingerprint density at radius 2 is 1.95 bits per heavy atom. The number of primary amides is 1. The molecule has 3 aromatic carbocycles. The van der Waals surface area contributed by atoms with Crippen LogP contribution in [-0.4, -0.2) is 54.6 Å². The number of nitrogens with zero attached hydrogens (tertiary/aromatic N) is 3. The number of halogens is 1. The topological polar surface area (TPSA) is 104 Å². The number of amides is 1. The third kappa shape index (κ3) is 4.86. The maximum Gasteiger partial charge on any atom is 0.269 e. The summed E-state index contributed by atoms with van der Waals surface area (Å²) in [6.07, 6.45) is 1.43. The Labute approximate surface area is 231 Å². The van der Waals surface area contributed by atoms with E-state index < -0.39 is 5.91 Å². The zero-order valence-electron chi connectivity index (χ0n) is 21.7. The molecule has 1 aliphatic heterocycles. The summed E-state index contributed by atoms with van der Waals surface area (Å²) in [5.74, 6) is 1.48. The van der Waals surface area contributed by atoms with E-state index in [1.165, 1.54) is 0 Å². The van der Waals surface area contributed by atoms with Crippen molar-refractivity contribution in [2.45, 2.75) is 12.8 Å². The van der Waals surface area contributed by atoms with Crippen LogP contribution in [0.3, 0.4) is 0 Å². The largest absolute Gasteiger partial charge is 0.492 e. The van der Waals surface area contributed by atoms with Gasteiger partial charge in [-0.2, -0.15) is 5.10 Å². The lowest BCUT2D eigenvalue weighted by Crippen LogP contribution is -2.19. The van der Waals surface area contributed by atoms with Gasteiger partial charge in [-0.05, 0) is 68.9 Å². The van der Waals surface area contributed by atoms with E-state index in [4.69, 9.17) is 31.5 Å². The number of hydrogen-bond acceptors (Lipinski definition) is 7. The smallest absolute Gasteiger partial charge is 0.269 e. The summed E-state index contributed by atoms with van der Waals surface area (Å²) in [5, 5.41) is 8.66. The van der Waals surface area contributed by atoms with E-state index in [2.05, 4.69) is 27.4 Å². The molecule has 9 nitrogen and oxygen atoms in total. The molecule has 200 valence electrons. The predicted octanol–water partition coefficient (Wildman–Crippen LogP) is 4.80.